The third kappa shape index (κ3) is 2.15. The van der Waals surface area contributed by atoms with Crippen molar-refractivity contribution in [2.24, 2.45) is 0 Å². The minimum atomic E-state index is -0.452. The van der Waals surface area contributed by atoms with E-state index in [0.717, 1.165) is 24.2 Å². The Balaban J connectivity index is 1.67. The Morgan fingerprint density at radius 2 is 2.30 bits per heavy atom. The number of hydrogen-bond acceptors (Lipinski definition) is 6. The first-order valence-electron chi connectivity index (χ1n) is 7.67. The first-order valence-corrected chi connectivity index (χ1v) is 7.67. The van der Waals surface area contributed by atoms with E-state index in [0.29, 0.717) is 24.9 Å². The number of fused-ring (bicyclic) bond motifs is 2. The van der Waals surface area contributed by atoms with E-state index in [1.165, 1.54) is 0 Å². The van der Waals surface area contributed by atoms with Crippen LogP contribution >= 0.6 is 0 Å². The van der Waals surface area contributed by atoms with E-state index < -0.39 is 5.41 Å². The van der Waals surface area contributed by atoms with E-state index in [-0.39, 0.29) is 12.5 Å². The maximum atomic E-state index is 13.1. The van der Waals surface area contributed by atoms with Crippen molar-refractivity contribution in [2.45, 2.75) is 25.0 Å². The molecule has 1 atom stereocenters. The molecule has 1 N–H and O–H groups in total. The van der Waals surface area contributed by atoms with Gasteiger partial charge < -0.3 is 19.5 Å². The molecule has 1 aromatic heterocycles. The van der Waals surface area contributed by atoms with Gasteiger partial charge in [-0.2, -0.15) is 4.98 Å². The van der Waals surface area contributed by atoms with Crippen molar-refractivity contribution in [3.05, 3.63) is 41.5 Å². The number of aromatic nitrogens is 2. The third-order valence-corrected chi connectivity index (χ3v) is 4.60. The zero-order valence-electron chi connectivity index (χ0n) is 12.9. The van der Waals surface area contributed by atoms with Crippen molar-refractivity contribution in [3.63, 3.8) is 0 Å². The summed E-state index contributed by atoms with van der Waals surface area (Å²) in [7, 11) is 1.58. The lowest BCUT2D eigenvalue weighted by Gasteiger charge is -2.21. The molecule has 0 bridgehead atoms. The number of hydrogen-bond donors (Lipinski definition) is 1. The highest BCUT2D eigenvalue weighted by Gasteiger charge is 2.52. The van der Waals surface area contributed by atoms with Gasteiger partial charge in [0.05, 0.1) is 5.41 Å². The molecule has 7 nitrogen and oxygen atoms in total. The van der Waals surface area contributed by atoms with Crippen LogP contribution in [0.5, 0.6) is 0 Å². The fourth-order valence-corrected chi connectivity index (χ4v) is 3.54. The SMILES string of the molecule is COCc1noc(CN2C(=O)C3(CCNC3)c3ccccc32)n1. The number of carbonyl (C=O) groups excluding carboxylic acids is 1. The molecule has 0 radical (unpaired) electrons. The number of methoxy groups -OCH3 is 1. The van der Waals surface area contributed by atoms with E-state index in [4.69, 9.17) is 9.26 Å². The molecule has 1 fully saturated rings. The summed E-state index contributed by atoms with van der Waals surface area (Å²) in [6.45, 7) is 2.11. The molecule has 1 amide bonds. The van der Waals surface area contributed by atoms with Gasteiger partial charge in [-0.25, -0.2) is 0 Å². The minimum Gasteiger partial charge on any atom is -0.377 e. The van der Waals surface area contributed by atoms with E-state index in [1.54, 1.807) is 12.0 Å². The Labute approximate surface area is 133 Å². The first kappa shape index (κ1) is 14.3. The molecule has 2 aromatic rings. The van der Waals surface area contributed by atoms with Crippen molar-refractivity contribution in [3.8, 4) is 0 Å². The molecular weight excluding hydrogens is 296 g/mol. The van der Waals surface area contributed by atoms with Gasteiger partial charge in [0.1, 0.15) is 13.2 Å². The summed E-state index contributed by atoms with van der Waals surface area (Å²) in [5.41, 5.74) is 1.57. The topological polar surface area (TPSA) is 80.5 Å². The van der Waals surface area contributed by atoms with Crippen LogP contribution in [-0.4, -0.2) is 36.2 Å². The van der Waals surface area contributed by atoms with E-state index in [1.807, 2.05) is 24.3 Å². The summed E-state index contributed by atoms with van der Waals surface area (Å²) in [5.74, 6) is 1.01. The van der Waals surface area contributed by atoms with Gasteiger partial charge in [0.25, 0.3) is 0 Å². The number of anilines is 1. The first-order chi connectivity index (χ1) is 11.2. The van der Waals surface area contributed by atoms with Crippen LogP contribution in [0.4, 0.5) is 5.69 Å². The Morgan fingerprint density at radius 3 is 3.09 bits per heavy atom. The normalized spacial score (nSPS) is 23.0. The molecule has 0 saturated carbocycles. The largest absolute Gasteiger partial charge is 0.377 e. The van der Waals surface area contributed by atoms with E-state index >= 15 is 0 Å². The van der Waals surface area contributed by atoms with Gasteiger partial charge in [-0.1, -0.05) is 23.4 Å². The Kier molecular flexibility index (Phi) is 3.39. The van der Waals surface area contributed by atoms with Gasteiger partial charge in [-0.15, -0.1) is 0 Å². The molecule has 1 aromatic carbocycles. The standard InChI is InChI=1S/C16H18N4O3/c1-22-9-13-18-14(23-19-13)8-20-12-5-3-2-4-11(12)16(15(20)21)6-7-17-10-16/h2-5,17H,6-10H2,1H3. The van der Waals surface area contributed by atoms with Crippen LogP contribution in [0.25, 0.3) is 0 Å². The number of amides is 1. The van der Waals surface area contributed by atoms with Gasteiger partial charge in [-0.05, 0) is 24.6 Å². The van der Waals surface area contributed by atoms with Crippen molar-refractivity contribution >= 4 is 11.6 Å². The van der Waals surface area contributed by atoms with Crippen LogP contribution in [0, 0.1) is 0 Å². The van der Waals surface area contributed by atoms with Crippen LogP contribution in [0.3, 0.4) is 0 Å². The molecule has 3 heterocycles. The molecule has 1 unspecified atom stereocenters. The number of benzene rings is 1. The monoisotopic (exact) mass is 314 g/mol. The number of nitrogens with one attached hydrogen (secondary N) is 1. The van der Waals surface area contributed by atoms with Crippen LogP contribution in [0.2, 0.25) is 0 Å². The molecule has 4 rings (SSSR count). The maximum Gasteiger partial charge on any atom is 0.246 e. The number of rotatable bonds is 4. The third-order valence-electron chi connectivity index (χ3n) is 4.60. The Morgan fingerprint density at radius 1 is 1.43 bits per heavy atom. The van der Waals surface area contributed by atoms with Gasteiger partial charge in [0, 0.05) is 19.3 Å². The second-order valence-electron chi connectivity index (χ2n) is 5.95. The summed E-state index contributed by atoms with van der Waals surface area (Å²) in [6, 6.07) is 7.96. The van der Waals surface area contributed by atoms with E-state index in [2.05, 4.69) is 15.5 Å². The molecular formula is C16H18N4O3. The summed E-state index contributed by atoms with van der Waals surface area (Å²) >= 11 is 0. The highest BCUT2D eigenvalue weighted by atomic mass is 16.5. The van der Waals surface area contributed by atoms with Gasteiger partial charge in [-0.3, -0.25) is 4.79 Å². The molecule has 2 aliphatic heterocycles. The summed E-state index contributed by atoms with van der Waals surface area (Å²) in [6.07, 6.45) is 0.818. The van der Waals surface area contributed by atoms with Crippen molar-refractivity contribution < 1.29 is 14.1 Å². The van der Waals surface area contributed by atoms with Gasteiger partial charge >= 0.3 is 0 Å². The second-order valence-corrected chi connectivity index (χ2v) is 5.95. The zero-order chi connectivity index (χ0) is 15.9. The quantitative estimate of drug-likeness (QED) is 0.906. The van der Waals surface area contributed by atoms with Gasteiger partial charge in [0.15, 0.2) is 5.82 Å². The van der Waals surface area contributed by atoms with Crippen LogP contribution in [0.15, 0.2) is 28.8 Å². The van der Waals surface area contributed by atoms with Crippen molar-refractivity contribution in [1.82, 2.24) is 15.5 Å². The highest BCUT2D eigenvalue weighted by molar-refractivity contribution is 6.08. The lowest BCUT2D eigenvalue weighted by atomic mass is 9.81. The zero-order valence-corrected chi connectivity index (χ0v) is 12.9. The average Bonchev–Trinajstić information content (AvgIpc) is 3.26. The van der Waals surface area contributed by atoms with Crippen LogP contribution in [0.1, 0.15) is 23.7 Å². The van der Waals surface area contributed by atoms with Crippen LogP contribution < -0.4 is 10.2 Å². The number of para-hydroxylation sites is 1. The number of nitrogens with zero attached hydrogens (tertiary/aromatic N) is 3. The Bertz CT molecular complexity index is 736. The van der Waals surface area contributed by atoms with E-state index in [9.17, 15) is 4.79 Å². The molecule has 2 aliphatic rings. The molecule has 7 heteroatoms. The molecule has 1 saturated heterocycles. The van der Waals surface area contributed by atoms with Crippen molar-refractivity contribution in [2.75, 3.05) is 25.1 Å². The fourth-order valence-electron chi connectivity index (χ4n) is 3.54. The Hall–Kier alpha value is -2.25. The fraction of sp³-hybridized carbons (Fsp3) is 0.438. The summed E-state index contributed by atoms with van der Waals surface area (Å²) in [5, 5.41) is 7.17. The van der Waals surface area contributed by atoms with Crippen LogP contribution in [-0.2, 0) is 28.1 Å². The lowest BCUT2D eigenvalue weighted by molar-refractivity contribution is -0.122. The predicted octanol–water partition coefficient (Wildman–Crippen LogP) is 0.994. The van der Waals surface area contributed by atoms with Gasteiger partial charge in [0.2, 0.25) is 11.8 Å². The minimum absolute atomic E-state index is 0.107. The maximum absolute atomic E-state index is 13.1. The van der Waals surface area contributed by atoms with Crippen molar-refractivity contribution in [1.29, 1.82) is 0 Å². The summed E-state index contributed by atoms with van der Waals surface area (Å²) < 4.78 is 10.2. The molecule has 120 valence electrons. The highest BCUT2D eigenvalue weighted by Crippen LogP contribution is 2.45. The molecule has 23 heavy (non-hydrogen) atoms. The molecule has 1 spiro atoms. The number of ether oxygens (including phenoxy) is 1. The predicted molar refractivity (Wildman–Crippen MR) is 81.8 cm³/mol. The lowest BCUT2D eigenvalue weighted by Crippen LogP contribution is -2.41. The second kappa shape index (κ2) is 5.43. The summed E-state index contributed by atoms with van der Waals surface area (Å²) in [4.78, 5) is 19.1. The average molecular weight is 314 g/mol. The smallest absolute Gasteiger partial charge is 0.246 e. The number of carbonyl (C=O) groups is 1. The molecule has 0 aliphatic carbocycles.